The van der Waals surface area contributed by atoms with Gasteiger partial charge in [0.25, 0.3) is 5.91 Å². The Hall–Kier alpha value is -3.93. The van der Waals surface area contributed by atoms with Crippen molar-refractivity contribution in [1.82, 2.24) is 4.90 Å². The van der Waals surface area contributed by atoms with Gasteiger partial charge in [0.2, 0.25) is 0 Å². The number of amides is 1. The first-order chi connectivity index (χ1) is 17.0. The van der Waals surface area contributed by atoms with Crippen LogP contribution in [-0.4, -0.2) is 43.8 Å². The second-order valence-electron chi connectivity index (χ2n) is 8.43. The maximum Gasteiger partial charge on any atom is 0.289 e. The summed E-state index contributed by atoms with van der Waals surface area (Å²) in [4.78, 5) is 15.1. The van der Waals surface area contributed by atoms with Crippen molar-refractivity contribution in [2.75, 3.05) is 27.9 Å². The molecule has 0 saturated carbocycles. The number of aliphatic hydroxyl groups excluding tert-OH is 1. The number of nitrogens with zero attached hydrogens (tertiary/aromatic N) is 1. The van der Waals surface area contributed by atoms with Crippen molar-refractivity contribution in [3.63, 3.8) is 0 Å². The second kappa shape index (κ2) is 10.6. The molecule has 1 unspecified atom stereocenters. The lowest BCUT2D eigenvalue weighted by atomic mass is 9.92. The molecule has 0 fully saturated rings. The standard InChI is InChI=1S/C29H31NO5/c1-5-19-6-9-22(10-7-19)27-26(21-11-13-23(33-2)14-12-21)28(31)29(32)30(27)17-16-20-8-15-24(34-3)25(18-20)35-4/h6-15,18,27,31H,5,16-17H2,1-4H3. The summed E-state index contributed by atoms with van der Waals surface area (Å²) in [6.45, 7) is 2.54. The molecule has 6 nitrogen and oxygen atoms in total. The third-order valence-electron chi connectivity index (χ3n) is 6.50. The third kappa shape index (κ3) is 4.83. The van der Waals surface area contributed by atoms with Crippen LogP contribution in [0.3, 0.4) is 0 Å². The van der Waals surface area contributed by atoms with E-state index in [1.54, 1.807) is 26.2 Å². The number of carbonyl (C=O) groups excluding carboxylic acids is 1. The summed E-state index contributed by atoms with van der Waals surface area (Å²) >= 11 is 0. The van der Waals surface area contributed by atoms with Gasteiger partial charge in [-0.1, -0.05) is 49.4 Å². The van der Waals surface area contributed by atoms with Gasteiger partial charge < -0.3 is 24.2 Å². The maximum absolute atomic E-state index is 13.3. The number of rotatable bonds is 9. The summed E-state index contributed by atoms with van der Waals surface area (Å²) in [6, 6.07) is 21.0. The Kier molecular flexibility index (Phi) is 7.30. The van der Waals surface area contributed by atoms with E-state index in [-0.39, 0.29) is 11.7 Å². The minimum atomic E-state index is -0.401. The molecule has 3 aromatic carbocycles. The zero-order valence-corrected chi connectivity index (χ0v) is 20.6. The third-order valence-corrected chi connectivity index (χ3v) is 6.50. The fourth-order valence-electron chi connectivity index (χ4n) is 4.52. The van der Waals surface area contributed by atoms with Crippen molar-refractivity contribution in [1.29, 1.82) is 0 Å². The SMILES string of the molecule is CCc1ccc(C2C(c3ccc(OC)cc3)=C(O)C(=O)N2CCc2ccc(OC)c(OC)c2)cc1. The molecule has 1 atom stereocenters. The van der Waals surface area contributed by atoms with Crippen LogP contribution in [0.25, 0.3) is 5.57 Å². The van der Waals surface area contributed by atoms with Crippen molar-refractivity contribution in [2.45, 2.75) is 25.8 Å². The maximum atomic E-state index is 13.3. The highest BCUT2D eigenvalue weighted by atomic mass is 16.5. The number of aliphatic hydroxyl groups is 1. The van der Waals surface area contributed by atoms with E-state index in [1.807, 2.05) is 54.6 Å². The van der Waals surface area contributed by atoms with E-state index in [0.717, 1.165) is 23.1 Å². The predicted octanol–water partition coefficient (Wildman–Crippen LogP) is 5.37. The Morgan fingerprint density at radius 1 is 0.829 bits per heavy atom. The summed E-state index contributed by atoms with van der Waals surface area (Å²) in [6.07, 6.45) is 1.53. The molecule has 35 heavy (non-hydrogen) atoms. The molecule has 182 valence electrons. The first-order valence-electron chi connectivity index (χ1n) is 11.7. The van der Waals surface area contributed by atoms with Gasteiger partial charge >= 0.3 is 0 Å². The first kappa shape index (κ1) is 24.2. The molecule has 0 bridgehead atoms. The average molecular weight is 474 g/mol. The van der Waals surface area contributed by atoms with Crippen LogP contribution < -0.4 is 14.2 Å². The van der Waals surface area contributed by atoms with Gasteiger partial charge in [0.05, 0.1) is 27.4 Å². The summed E-state index contributed by atoms with van der Waals surface area (Å²) in [5, 5.41) is 11.0. The number of hydrogen-bond donors (Lipinski definition) is 1. The Morgan fingerprint density at radius 2 is 1.49 bits per heavy atom. The van der Waals surface area contributed by atoms with Crippen molar-refractivity contribution < 1.29 is 24.1 Å². The highest BCUT2D eigenvalue weighted by Gasteiger charge is 2.40. The summed E-state index contributed by atoms with van der Waals surface area (Å²) < 4.78 is 16.0. The normalized spacial score (nSPS) is 15.5. The van der Waals surface area contributed by atoms with E-state index in [4.69, 9.17) is 14.2 Å². The molecule has 6 heteroatoms. The molecule has 4 rings (SSSR count). The van der Waals surface area contributed by atoms with Gasteiger partial charge in [-0.05, 0) is 59.4 Å². The summed E-state index contributed by atoms with van der Waals surface area (Å²) in [5.41, 5.74) is 4.57. The van der Waals surface area contributed by atoms with Crippen molar-refractivity contribution in [3.05, 3.63) is 94.7 Å². The molecule has 1 amide bonds. The van der Waals surface area contributed by atoms with E-state index < -0.39 is 6.04 Å². The molecular formula is C29H31NO5. The van der Waals surface area contributed by atoms with E-state index in [9.17, 15) is 9.90 Å². The van der Waals surface area contributed by atoms with Crippen molar-refractivity contribution >= 4 is 11.5 Å². The van der Waals surface area contributed by atoms with Crippen LogP contribution >= 0.6 is 0 Å². The molecular weight excluding hydrogens is 442 g/mol. The zero-order valence-electron chi connectivity index (χ0n) is 20.6. The van der Waals surface area contributed by atoms with E-state index in [2.05, 4.69) is 19.1 Å². The van der Waals surface area contributed by atoms with E-state index in [1.165, 1.54) is 5.56 Å². The fraction of sp³-hybridized carbons (Fsp3) is 0.276. The number of benzene rings is 3. The van der Waals surface area contributed by atoms with Gasteiger partial charge in [-0.2, -0.15) is 0 Å². The lowest BCUT2D eigenvalue weighted by molar-refractivity contribution is -0.129. The molecule has 0 saturated heterocycles. The first-order valence-corrected chi connectivity index (χ1v) is 11.7. The minimum Gasteiger partial charge on any atom is -0.503 e. The van der Waals surface area contributed by atoms with Crippen LogP contribution in [-0.2, 0) is 17.6 Å². The van der Waals surface area contributed by atoms with Gasteiger partial charge in [-0.15, -0.1) is 0 Å². The average Bonchev–Trinajstić information content (AvgIpc) is 3.16. The number of aryl methyl sites for hydroxylation is 1. The fourth-order valence-corrected chi connectivity index (χ4v) is 4.52. The van der Waals surface area contributed by atoms with Crippen LogP contribution in [0, 0.1) is 0 Å². The van der Waals surface area contributed by atoms with E-state index >= 15 is 0 Å². The van der Waals surface area contributed by atoms with E-state index in [0.29, 0.717) is 35.8 Å². The van der Waals surface area contributed by atoms with Crippen LogP contribution in [0.1, 0.15) is 35.2 Å². The molecule has 0 aromatic heterocycles. The van der Waals surface area contributed by atoms with Crippen molar-refractivity contribution in [2.24, 2.45) is 0 Å². The molecule has 1 heterocycles. The van der Waals surface area contributed by atoms with Crippen LogP contribution in [0.5, 0.6) is 17.2 Å². The van der Waals surface area contributed by atoms with Crippen LogP contribution in [0.2, 0.25) is 0 Å². The lowest BCUT2D eigenvalue weighted by Crippen LogP contribution is -2.32. The van der Waals surface area contributed by atoms with Gasteiger partial charge in [-0.3, -0.25) is 4.79 Å². The number of ether oxygens (including phenoxy) is 3. The molecule has 1 aliphatic heterocycles. The molecule has 0 spiro atoms. The van der Waals surface area contributed by atoms with Gasteiger partial charge in [0.15, 0.2) is 17.3 Å². The molecule has 0 radical (unpaired) electrons. The highest BCUT2D eigenvalue weighted by Crippen LogP contribution is 2.43. The Balaban J connectivity index is 1.69. The molecule has 1 aliphatic rings. The largest absolute Gasteiger partial charge is 0.503 e. The summed E-state index contributed by atoms with van der Waals surface area (Å²) in [5.74, 6) is 1.42. The number of hydrogen-bond acceptors (Lipinski definition) is 5. The molecule has 0 aliphatic carbocycles. The Labute approximate surface area is 206 Å². The second-order valence-corrected chi connectivity index (χ2v) is 8.43. The van der Waals surface area contributed by atoms with Gasteiger partial charge in [-0.25, -0.2) is 0 Å². The van der Waals surface area contributed by atoms with Crippen LogP contribution in [0.15, 0.2) is 72.5 Å². The number of carbonyl (C=O) groups is 1. The Morgan fingerprint density at radius 3 is 2.09 bits per heavy atom. The zero-order chi connectivity index (χ0) is 24.9. The Bertz CT molecular complexity index is 1210. The van der Waals surface area contributed by atoms with Gasteiger partial charge in [0, 0.05) is 12.1 Å². The topological polar surface area (TPSA) is 68.2 Å². The highest BCUT2D eigenvalue weighted by molar-refractivity contribution is 6.05. The monoisotopic (exact) mass is 473 g/mol. The predicted molar refractivity (Wildman–Crippen MR) is 136 cm³/mol. The lowest BCUT2D eigenvalue weighted by Gasteiger charge is -2.28. The van der Waals surface area contributed by atoms with Crippen LogP contribution in [0.4, 0.5) is 0 Å². The summed E-state index contributed by atoms with van der Waals surface area (Å²) in [7, 11) is 4.81. The quantitative estimate of drug-likeness (QED) is 0.453. The molecule has 3 aromatic rings. The smallest absolute Gasteiger partial charge is 0.289 e. The molecule has 1 N–H and O–H groups in total. The number of methoxy groups -OCH3 is 3. The minimum absolute atomic E-state index is 0.216. The van der Waals surface area contributed by atoms with Crippen molar-refractivity contribution in [3.8, 4) is 17.2 Å². The van der Waals surface area contributed by atoms with Gasteiger partial charge in [0.1, 0.15) is 5.75 Å².